The number of aromatic nitrogens is 4. The van der Waals surface area contributed by atoms with E-state index in [0.717, 1.165) is 28.1 Å². The van der Waals surface area contributed by atoms with Gasteiger partial charge in [-0.3, -0.25) is 9.59 Å². The second-order valence-electron chi connectivity index (χ2n) is 6.99. The number of fused-ring (bicyclic) bond motifs is 1. The van der Waals surface area contributed by atoms with Crippen LogP contribution in [0, 0.1) is 20.8 Å². The first kappa shape index (κ1) is 20.4. The highest BCUT2D eigenvalue weighted by Gasteiger charge is 2.20. The number of rotatable bonds is 7. The van der Waals surface area contributed by atoms with Gasteiger partial charge in [-0.1, -0.05) is 24.3 Å². The number of carbonyl (C=O) groups is 2. The third kappa shape index (κ3) is 4.59. The minimum absolute atomic E-state index is 0.0814. The number of carbonyl (C=O) groups excluding carboxylic acids is 2. The van der Waals surface area contributed by atoms with Crippen LogP contribution in [0.2, 0.25) is 0 Å². The second-order valence-corrected chi connectivity index (χ2v) is 6.99. The van der Waals surface area contributed by atoms with Gasteiger partial charge in [0.1, 0.15) is 12.9 Å². The largest absolute Gasteiger partial charge is 0.468 e. The molecule has 152 valence electrons. The van der Waals surface area contributed by atoms with Crippen molar-refractivity contribution in [3.05, 3.63) is 58.7 Å². The lowest BCUT2D eigenvalue weighted by molar-refractivity contribution is -0.147. The first-order valence-electron chi connectivity index (χ1n) is 9.45. The van der Waals surface area contributed by atoms with Crippen LogP contribution in [0.15, 0.2) is 30.6 Å². The first-order valence-corrected chi connectivity index (χ1v) is 9.45. The fourth-order valence-electron chi connectivity index (χ4n) is 3.35. The molecule has 1 aromatic carbocycles. The molecule has 0 aliphatic heterocycles. The van der Waals surface area contributed by atoms with Gasteiger partial charge in [0.25, 0.3) is 5.78 Å². The van der Waals surface area contributed by atoms with Crippen LogP contribution < -0.4 is 0 Å². The molecule has 0 spiro atoms. The maximum atomic E-state index is 13.0. The van der Waals surface area contributed by atoms with Gasteiger partial charge >= 0.3 is 5.97 Å². The van der Waals surface area contributed by atoms with Crippen LogP contribution in [0.4, 0.5) is 0 Å². The lowest BCUT2D eigenvalue weighted by Gasteiger charge is -2.23. The van der Waals surface area contributed by atoms with E-state index in [0.29, 0.717) is 18.7 Å². The van der Waals surface area contributed by atoms with Crippen molar-refractivity contribution in [3.8, 4) is 0 Å². The van der Waals surface area contributed by atoms with Gasteiger partial charge in [0, 0.05) is 24.4 Å². The molecule has 3 rings (SSSR count). The summed E-state index contributed by atoms with van der Waals surface area (Å²) in [7, 11) is 1.32. The van der Waals surface area contributed by atoms with Crippen LogP contribution in [0.1, 0.15) is 34.5 Å². The predicted octanol–water partition coefficient (Wildman–Crippen LogP) is 2.18. The number of amides is 1. The zero-order valence-corrected chi connectivity index (χ0v) is 17.2. The minimum Gasteiger partial charge on any atom is -0.468 e. The summed E-state index contributed by atoms with van der Waals surface area (Å²) in [6.07, 6.45) is 2.22. The fourth-order valence-corrected chi connectivity index (χ4v) is 3.35. The van der Waals surface area contributed by atoms with E-state index in [9.17, 15) is 9.59 Å². The highest BCUT2D eigenvalue weighted by atomic mass is 16.5. The van der Waals surface area contributed by atoms with E-state index in [2.05, 4.69) is 15.1 Å². The summed E-state index contributed by atoms with van der Waals surface area (Å²) in [5.74, 6) is -0.0110. The van der Waals surface area contributed by atoms with Crippen LogP contribution >= 0.6 is 0 Å². The van der Waals surface area contributed by atoms with Crippen molar-refractivity contribution < 1.29 is 14.3 Å². The van der Waals surface area contributed by atoms with Gasteiger partial charge < -0.3 is 9.64 Å². The van der Waals surface area contributed by atoms with E-state index in [1.54, 1.807) is 9.42 Å². The summed E-state index contributed by atoms with van der Waals surface area (Å²) < 4.78 is 6.45. The Morgan fingerprint density at radius 2 is 1.93 bits per heavy atom. The molecule has 0 radical (unpaired) electrons. The molecule has 3 aromatic rings. The highest BCUT2D eigenvalue weighted by Crippen LogP contribution is 2.17. The lowest BCUT2D eigenvalue weighted by atomic mass is 10.1. The Morgan fingerprint density at radius 1 is 1.17 bits per heavy atom. The number of hydrogen-bond donors (Lipinski definition) is 0. The quantitative estimate of drug-likeness (QED) is 0.570. The van der Waals surface area contributed by atoms with Crippen molar-refractivity contribution in [1.82, 2.24) is 24.5 Å². The molecule has 0 aliphatic rings. The molecular formula is C21H25N5O3. The van der Waals surface area contributed by atoms with Crippen molar-refractivity contribution in [3.63, 3.8) is 0 Å². The van der Waals surface area contributed by atoms with E-state index in [1.807, 2.05) is 45.0 Å². The van der Waals surface area contributed by atoms with Gasteiger partial charge in [-0.25, -0.2) is 9.50 Å². The van der Waals surface area contributed by atoms with E-state index in [4.69, 9.17) is 4.74 Å². The molecular weight excluding hydrogens is 370 g/mol. The molecule has 0 saturated heterocycles. The van der Waals surface area contributed by atoms with Gasteiger partial charge in [0.05, 0.1) is 7.11 Å². The van der Waals surface area contributed by atoms with Crippen LogP contribution in [0.3, 0.4) is 0 Å². The Balaban J connectivity index is 1.78. The van der Waals surface area contributed by atoms with Gasteiger partial charge in [-0.2, -0.15) is 10.1 Å². The summed E-state index contributed by atoms with van der Waals surface area (Å²) in [5, 5.41) is 4.18. The summed E-state index contributed by atoms with van der Waals surface area (Å²) in [6, 6.07) is 7.82. The fraction of sp³-hybridized carbons (Fsp3) is 0.381. The molecule has 8 nitrogen and oxygen atoms in total. The summed E-state index contributed by atoms with van der Waals surface area (Å²) in [4.78, 5) is 34.9. The molecule has 0 unspecified atom stereocenters. The summed E-state index contributed by atoms with van der Waals surface area (Å²) in [5.41, 5.74) is 4.78. The van der Waals surface area contributed by atoms with E-state index in [-0.39, 0.29) is 18.9 Å². The summed E-state index contributed by atoms with van der Waals surface area (Å²) >= 11 is 0. The monoisotopic (exact) mass is 395 g/mol. The Hall–Kier alpha value is -3.29. The maximum Gasteiger partial charge on any atom is 0.325 e. The zero-order valence-electron chi connectivity index (χ0n) is 17.2. The van der Waals surface area contributed by atoms with Crippen molar-refractivity contribution >= 4 is 17.7 Å². The van der Waals surface area contributed by atoms with E-state index in [1.165, 1.54) is 13.4 Å². The molecule has 2 aromatic heterocycles. The zero-order chi connectivity index (χ0) is 21.0. The number of methoxy groups -OCH3 is 1. The normalized spacial score (nSPS) is 10.9. The predicted molar refractivity (Wildman–Crippen MR) is 107 cm³/mol. The first-order chi connectivity index (χ1) is 13.9. The third-order valence-electron chi connectivity index (χ3n) is 5.10. The van der Waals surface area contributed by atoms with Gasteiger partial charge in [-0.05, 0) is 43.9 Å². The van der Waals surface area contributed by atoms with Crippen molar-refractivity contribution in [2.45, 2.75) is 40.2 Å². The summed E-state index contributed by atoms with van der Waals surface area (Å²) in [6.45, 7) is 6.11. The lowest BCUT2D eigenvalue weighted by Crippen LogP contribution is -2.36. The molecule has 0 atom stereocenters. The number of benzene rings is 1. The molecule has 1 amide bonds. The molecule has 0 aliphatic carbocycles. The van der Waals surface area contributed by atoms with Crippen molar-refractivity contribution in [1.29, 1.82) is 0 Å². The average Bonchev–Trinajstić information content (AvgIpc) is 3.17. The standard InChI is InChI=1S/C21H25N5O3/c1-14-7-5-6-8-17(14)11-25(12-20(28)29-4)19(27)10-9-18-15(2)24-21-22-13-23-26(21)16(18)3/h5-8,13H,9-12H2,1-4H3. The van der Waals surface area contributed by atoms with Crippen LogP contribution in [-0.4, -0.2) is 50.0 Å². The number of esters is 1. The molecule has 0 saturated carbocycles. The molecule has 8 heteroatoms. The smallest absolute Gasteiger partial charge is 0.325 e. The second kappa shape index (κ2) is 8.81. The Kier molecular flexibility index (Phi) is 6.21. The van der Waals surface area contributed by atoms with Crippen LogP contribution in [0.25, 0.3) is 5.78 Å². The SMILES string of the molecule is COC(=O)CN(Cc1ccccc1C)C(=O)CCc1c(C)nc2ncnn2c1C. The van der Waals surface area contributed by atoms with Crippen LogP contribution in [-0.2, 0) is 27.3 Å². The molecule has 29 heavy (non-hydrogen) atoms. The average molecular weight is 395 g/mol. The third-order valence-corrected chi connectivity index (χ3v) is 5.10. The maximum absolute atomic E-state index is 13.0. The Morgan fingerprint density at radius 3 is 2.66 bits per heavy atom. The molecule has 0 bridgehead atoms. The van der Waals surface area contributed by atoms with E-state index >= 15 is 0 Å². The van der Waals surface area contributed by atoms with Gasteiger partial charge in [-0.15, -0.1) is 0 Å². The number of ether oxygens (including phenoxy) is 1. The van der Waals surface area contributed by atoms with Crippen molar-refractivity contribution in [2.75, 3.05) is 13.7 Å². The van der Waals surface area contributed by atoms with E-state index < -0.39 is 5.97 Å². The Labute approximate surface area is 169 Å². The molecule has 0 N–H and O–H groups in total. The molecule has 0 fully saturated rings. The van der Waals surface area contributed by atoms with Crippen LogP contribution in [0.5, 0.6) is 0 Å². The molecule has 2 heterocycles. The minimum atomic E-state index is -0.440. The van der Waals surface area contributed by atoms with Crippen molar-refractivity contribution in [2.24, 2.45) is 0 Å². The number of aryl methyl sites for hydroxylation is 3. The number of nitrogens with zero attached hydrogens (tertiary/aromatic N) is 5. The van der Waals surface area contributed by atoms with Gasteiger partial charge in [0.2, 0.25) is 5.91 Å². The highest BCUT2D eigenvalue weighted by molar-refractivity contribution is 5.82. The topological polar surface area (TPSA) is 89.7 Å². The number of hydrogen-bond acceptors (Lipinski definition) is 6. The Bertz CT molecular complexity index is 1040. The van der Waals surface area contributed by atoms with Gasteiger partial charge in [0.15, 0.2) is 0 Å².